The average Bonchev–Trinajstić information content (AvgIpc) is 2.49. The van der Waals surface area contributed by atoms with Gasteiger partial charge in [0.05, 0.1) is 17.8 Å². The number of nitrogens with zero attached hydrogens (tertiary/aromatic N) is 2. The highest BCUT2D eigenvalue weighted by Crippen LogP contribution is 2.30. The van der Waals surface area contributed by atoms with Crippen LogP contribution in [0.4, 0.5) is 17.3 Å². The summed E-state index contributed by atoms with van der Waals surface area (Å²) < 4.78 is 5.21. The van der Waals surface area contributed by atoms with Gasteiger partial charge in [0.1, 0.15) is 17.4 Å². The Morgan fingerprint density at radius 1 is 1.24 bits per heavy atom. The molecule has 2 aromatic rings. The number of anilines is 3. The van der Waals surface area contributed by atoms with Gasteiger partial charge < -0.3 is 15.4 Å². The number of methoxy groups -OCH3 is 1. The molecule has 0 bridgehead atoms. The van der Waals surface area contributed by atoms with Crippen molar-refractivity contribution in [3.8, 4) is 5.75 Å². The molecule has 2 rings (SSSR count). The quantitative estimate of drug-likeness (QED) is 0.618. The molecule has 0 aliphatic heterocycles. The van der Waals surface area contributed by atoms with Gasteiger partial charge >= 0.3 is 0 Å². The molecule has 0 spiro atoms. The Labute approximate surface area is 133 Å². The highest BCUT2D eigenvalue weighted by molar-refractivity contribution is 7.98. The Bertz CT molecular complexity index is 624. The van der Waals surface area contributed by atoms with Gasteiger partial charge in [0.2, 0.25) is 0 Å². The highest BCUT2D eigenvalue weighted by Gasteiger charge is 2.07. The lowest BCUT2D eigenvalue weighted by Crippen LogP contribution is -2.04. The Morgan fingerprint density at radius 3 is 2.67 bits per heavy atom. The Balaban J connectivity index is 2.32. The molecule has 0 saturated heterocycles. The van der Waals surface area contributed by atoms with E-state index in [1.807, 2.05) is 31.4 Å². The van der Waals surface area contributed by atoms with Crippen LogP contribution >= 0.6 is 23.4 Å². The normalized spacial score (nSPS) is 10.3. The lowest BCUT2D eigenvalue weighted by molar-refractivity contribution is 0.415. The Kier molecular flexibility index (Phi) is 5.52. The predicted molar refractivity (Wildman–Crippen MR) is 89.3 cm³/mol. The summed E-state index contributed by atoms with van der Waals surface area (Å²) in [4.78, 5) is 8.81. The molecule has 1 aromatic heterocycles. The number of hydrogen-bond donors (Lipinski definition) is 2. The van der Waals surface area contributed by atoms with Crippen molar-refractivity contribution in [2.24, 2.45) is 0 Å². The van der Waals surface area contributed by atoms with Gasteiger partial charge in [0, 0.05) is 18.7 Å². The summed E-state index contributed by atoms with van der Waals surface area (Å²) in [6.45, 7) is 2.82. The number of aromatic nitrogens is 2. The molecule has 0 amide bonds. The molecule has 7 heteroatoms. The van der Waals surface area contributed by atoms with E-state index in [-0.39, 0.29) is 0 Å². The number of ether oxygens (including phenoxy) is 1. The smallest absolute Gasteiger partial charge is 0.191 e. The predicted octanol–water partition coefficient (Wildman–Crippen LogP) is 4.04. The first-order valence-electron chi connectivity index (χ1n) is 6.43. The van der Waals surface area contributed by atoms with Crippen LogP contribution in [-0.4, -0.2) is 29.9 Å². The molecule has 5 nitrogen and oxygen atoms in total. The van der Waals surface area contributed by atoms with Crippen LogP contribution in [0.5, 0.6) is 5.75 Å². The number of thioether (sulfide) groups is 1. The summed E-state index contributed by atoms with van der Waals surface area (Å²) in [5.41, 5.74) is 0.740. The lowest BCUT2D eigenvalue weighted by atomic mass is 10.3. The summed E-state index contributed by atoms with van der Waals surface area (Å²) >= 11 is 7.68. The summed E-state index contributed by atoms with van der Waals surface area (Å²) in [5, 5.41) is 7.68. The number of halogens is 1. The maximum Gasteiger partial charge on any atom is 0.191 e. The second kappa shape index (κ2) is 7.38. The average molecular weight is 325 g/mol. The van der Waals surface area contributed by atoms with Crippen molar-refractivity contribution in [1.82, 2.24) is 9.97 Å². The summed E-state index contributed by atoms with van der Waals surface area (Å²) in [6, 6.07) is 7.27. The minimum Gasteiger partial charge on any atom is -0.497 e. The minimum atomic E-state index is 0.602. The van der Waals surface area contributed by atoms with Gasteiger partial charge in [-0.1, -0.05) is 23.4 Å². The van der Waals surface area contributed by atoms with E-state index in [0.717, 1.165) is 23.8 Å². The van der Waals surface area contributed by atoms with Gasteiger partial charge in [-0.2, -0.15) is 0 Å². The lowest BCUT2D eigenvalue weighted by Gasteiger charge is -2.12. The van der Waals surface area contributed by atoms with Gasteiger partial charge in [0.25, 0.3) is 0 Å². The van der Waals surface area contributed by atoms with Crippen LogP contribution in [0.25, 0.3) is 0 Å². The first-order chi connectivity index (χ1) is 10.2. The SMILES string of the molecule is CCNc1cc(Nc2cc(OC)ccc2Cl)nc(SC)n1. The van der Waals surface area contributed by atoms with E-state index < -0.39 is 0 Å². The number of nitrogens with one attached hydrogen (secondary N) is 2. The molecule has 1 heterocycles. The van der Waals surface area contributed by atoms with Crippen molar-refractivity contribution >= 4 is 40.7 Å². The topological polar surface area (TPSA) is 59.1 Å². The van der Waals surface area contributed by atoms with Crippen LogP contribution in [-0.2, 0) is 0 Å². The third-order valence-corrected chi connectivity index (χ3v) is 3.56. The van der Waals surface area contributed by atoms with Crippen LogP contribution in [0.2, 0.25) is 5.02 Å². The highest BCUT2D eigenvalue weighted by atomic mass is 35.5. The van der Waals surface area contributed by atoms with E-state index in [0.29, 0.717) is 16.0 Å². The van der Waals surface area contributed by atoms with Crippen LogP contribution in [0.1, 0.15) is 6.92 Å². The van der Waals surface area contributed by atoms with Gasteiger partial charge in [0.15, 0.2) is 5.16 Å². The maximum absolute atomic E-state index is 6.20. The molecule has 0 atom stereocenters. The Hall–Kier alpha value is -1.66. The van der Waals surface area contributed by atoms with E-state index in [1.54, 1.807) is 13.2 Å². The molecule has 1 aromatic carbocycles. The van der Waals surface area contributed by atoms with Gasteiger partial charge in [-0.05, 0) is 25.3 Å². The zero-order valence-electron chi connectivity index (χ0n) is 12.1. The fourth-order valence-corrected chi connectivity index (χ4v) is 2.26. The van der Waals surface area contributed by atoms with Gasteiger partial charge in [-0.15, -0.1) is 0 Å². The number of hydrogen-bond acceptors (Lipinski definition) is 6. The third-order valence-electron chi connectivity index (χ3n) is 2.68. The summed E-state index contributed by atoms with van der Waals surface area (Å²) in [6.07, 6.45) is 1.94. The summed E-state index contributed by atoms with van der Waals surface area (Å²) in [7, 11) is 1.62. The second-order valence-electron chi connectivity index (χ2n) is 4.13. The first-order valence-corrected chi connectivity index (χ1v) is 8.04. The Morgan fingerprint density at radius 2 is 2.00 bits per heavy atom. The van der Waals surface area contributed by atoms with Crippen molar-refractivity contribution in [3.63, 3.8) is 0 Å². The minimum absolute atomic E-state index is 0.602. The van der Waals surface area contributed by atoms with Gasteiger partial charge in [-0.3, -0.25) is 0 Å². The maximum atomic E-state index is 6.20. The molecule has 0 unspecified atom stereocenters. The largest absolute Gasteiger partial charge is 0.497 e. The fraction of sp³-hybridized carbons (Fsp3) is 0.286. The summed E-state index contributed by atoms with van der Waals surface area (Å²) in [5.74, 6) is 2.19. The van der Waals surface area contributed by atoms with E-state index in [9.17, 15) is 0 Å². The number of benzene rings is 1. The molecular weight excluding hydrogens is 308 g/mol. The molecule has 0 saturated carbocycles. The number of rotatable bonds is 6. The molecular formula is C14H17ClN4OS. The molecule has 0 aliphatic rings. The van der Waals surface area contributed by atoms with Gasteiger partial charge in [-0.25, -0.2) is 9.97 Å². The van der Waals surface area contributed by atoms with E-state index in [2.05, 4.69) is 20.6 Å². The molecule has 0 fully saturated rings. The zero-order chi connectivity index (χ0) is 15.2. The van der Waals surface area contributed by atoms with Crippen molar-refractivity contribution in [2.45, 2.75) is 12.1 Å². The van der Waals surface area contributed by atoms with E-state index in [4.69, 9.17) is 16.3 Å². The fourth-order valence-electron chi connectivity index (χ4n) is 1.72. The van der Waals surface area contributed by atoms with Crippen molar-refractivity contribution < 1.29 is 4.74 Å². The van der Waals surface area contributed by atoms with Crippen molar-refractivity contribution in [2.75, 3.05) is 30.5 Å². The zero-order valence-corrected chi connectivity index (χ0v) is 13.7. The second-order valence-corrected chi connectivity index (χ2v) is 5.31. The van der Waals surface area contributed by atoms with E-state index in [1.165, 1.54) is 11.8 Å². The third kappa shape index (κ3) is 4.15. The molecule has 0 aliphatic carbocycles. The molecule has 21 heavy (non-hydrogen) atoms. The molecule has 2 N–H and O–H groups in total. The van der Waals surface area contributed by atoms with Crippen molar-refractivity contribution in [1.29, 1.82) is 0 Å². The van der Waals surface area contributed by atoms with Crippen LogP contribution in [0.15, 0.2) is 29.4 Å². The van der Waals surface area contributed by atoms with Crippen LogP contribution in [0.3, 0.4) is 0 Å². The van der Waals surface area contributed by atoms with Crippen LogP contribution < -0.4 is 15.4 Å². The van der Waals surface area contributed by atoms with E-state index >= 15 is 0 Å². The van der Waals surface area contributed by atoms with Crippen LogP contribution in [0, 0.1) is 0 Å². The van der Waals surface area contributed by atoms with Crippen molar-refractivity contribution in [3.05, 3.63) is 29.3 Å². The molecule has 0 radical (unpaired) electrons. The monoisotopic (exact) mass is 324 g/mol. The first kappa shape index (κ1) is 15.7. The molecule has 112 valence electrons. The standard InChI is InChI=1S/C14H17ClN4OS/c1-4-16-12-8-13(19-14(18-12)21-3)17-11-7-9(20-2)5-6-10(11)15/h5-8H,4H2,1-3H3,(H2,16,17,18,19).